The third kappa shape index (κ3) is 3.77. The van der Waals surface area contributed by atoms with E-state index in [-0.39, 0.29) is 6.04 Å². The van der Waals surface area contributed by atoms with E-state index in [9.17, 15) is 0 Å². The zero-order valence-corrected chi connectivity index (χ0v) is 17.8. The number of aromatic nitrogens is 5. The van der Waals surface area contributed by atoms with Crippen LogP contribution in [0.25, 0.3) is 17.8 Å². The molecular weight excluding hydrogens is 386 g/mol. The van der Waals surface area contributed by atoms with Crippen LogP contribution in [0.5, 0.6) is 5.75 Å². The predicted molar refractivity (Wildman–Crippen MR) is 121 cm³/mol. The van der Waals surface area contributed by atoms with Gasteiger partial charge in [-0.3, -0.25) is 0 Å². The van der Waals surface area contributed by atoms with Gasteiger partial charge in [-0.25, -0.2) is 4.98 Å². The molecule has 4 aromatic rings. The van der Waals surface area contributed by atoms with Gasteiger partial charge in [-0.05, 0) is 49.1 Å². The van der Waals surface area contributed by atoms with E-state index < -0.39 is 0 Å². The maximum Gasteiger partial charge on any atom is 0.157 e. The van der Waals surface area contributed by atoms with Gasteiger partial charge in [-0.2, -0.15) is 0 Å². The van der Waals surface area contributed by atoms with Crippen LogP contribution in [0.1, 0.15) is 47.4 Å². The molecule has 31 heavy (non-hydrogen) atoms. The van der Waals surface area contributed by atoms with Crippen molar-refractivity contribution in [3.63, 3.8) is 0 Å². The van der Waals surface area contributed by atoms with Crippen LogP contribution in [-0.2, 0) is 6.42 Å². The van der Waals surface area contributed by atoms with Gasteiger partial charge in [0.15, 0.2) is 5.82 Å². The van der Waals surface area contributed by atoms with Crippen LogP contribution in [0.15, 0.2) is 61.1 Å². The lowest BCUT2D eigenvalue weighted by atomic mass is 9.97. The number of hydrogen-bond acceptors (Lipinski definition) is 4. The first-order valence-electron chi connectivity index (χ1n) is 10.6. The summed E-state index contributed by atoms with van der Waals surface area (Å²) < 4.78 is 9.90. The Morgan fingerprint density at radius 3 is 2.71 bits per heavy atom. The Labute approximate surface area is 181 Å². The van der Waals surface area contributed by atoms with Crippen LogP contribution >= 0.6 is 0 Å². The molecule has 0 spiro atoms. The fourth-order valence-electron chi connectivity index (χ4n) is 4.27. The number of benzene rings is 2. The van der Waals surface area contributed by atoms with Crippen molar-refractivity contribution >= 4 is 12.2 Å². The minimum atomic E-state index is 0.279. The van der Waals surface area contributed by atoms with Crippen LogP contribution in [0.3, 0.4) is 0 Å². The number of imidazole rings is 1. The molecule has 0 N–H and O–H groups in total. The summed E-state index contributed by atoms with van der Waals surface area (Å²) in [4.78, 5) is 4.31. The Hall–Kier alpha value is -3.67. The van der Waals surface area contributed by atoms with Crippen molar-refractivity contribution in [1.82, 2.24) is 24.3 Å². The van der Waals surface area contributed by atoms with Gasteiger partial charge in [-0.15, -0.1) is 10.2 Å². The average molecular weight is 412 g/mol. The summed E-state index contributed by atoms with van der Waals surface area (Å²) in [6, 6.07) is 17.1. The third-order valence-corrected chi connectivity index (χ3v) is 5.79. The molecule has 2 aromatic heterocycles. The highest BCUT2D eigenvalue weighted by atomic mass is 16.5. The van der Waals surface area contributed by atoms with Crippen molar-refractivity contribution in [3.05, 3.63) is 89.5 Å². The van der Waals surface area contributed by atoms with Crippen molar-refractivity contribution in [2.24, 2.45) is 0 Å². The summed E-state index contributed by atoms with van der Waals surface area (Å²) in [6.07, 6.45) is 11.1. The zero-order valence-electron chi connectivity index (χ0n) is 17.8. The summed E-state index contributed by atoms with van der Waals surface area (Å²) in [5.41, 5.74) is 4.28. The summed E-state index contributed by atoms with van der Waals surface area (Å²) in [5.74, 6) is 2.74. The molecule has 0 aliphatic carbocycles. The number of methoxy groups -OCH3 is 1. The first kappa shape index (κ1) is 19.3. The molecule has 2 aromatic carbocycles. The van der Waals surface area contributed by atoms with E-state index in [0.717, 1.165) is 53.6 Å². The van der Waals surface area contributed by atoms with Crippen LogP contribution in [0.4, 0.5) is 0 Å². The second-order valence-electron chi connectivity index (χ2n) is 7.85. The standard InChI is InChI=1S/C25H25N5O/c1-18-16-29(17-26-18)22-13-11-19(15-23(22)31-2)12-14-25-28-27-24-10-6-9-21(30(24)25)20-7-4-3-5-8-20/h3-5,7-8,11-17,21H,6,9-10H2,1-2H3. The largest absolute Gasteiger partial charge is 0.495 e. The van der Waals surface area contributed by atoms with Gasteiger partial charge in [0, 0.05) is 12.6 Å². The monoisotopic (exact) mass is 411 g/mol. The molecule has 6 nitrogen and oxygen atoms in total. The van der Waals surface area contributed by atoms with Crippen molar-refractivity contribution in [1.29, 1.82) is 0 Å². The van der Waals surface area contributed by atoms with Gasteiger partial charge in [-0.1, -0.05) is 42.5 Å². The molecule has 1 unspecified atom stereocenters. The summed E-state index contributed by atoms with van der Waals surface area (Å²) >= 11 is 0. The Bertz CT molecular complexity index is 1220. The lowest BCUT2D eigenvalue weighted by molar-refractivity contribution is 0.413. The molecule has 0 saturated carbocycles. The zero-order chi connectivity index (χ0) is 21.2. The summed E-state index contributed by atoms with van der Waals surface area (Å²) in [7, 11) is 1.69. The number of aryl methyl sites for hydroxylation is 2. The molecule has 0 radical (unpaired) electrons. The number of rotatable bonds is 5. The highest BCUT2D eigenvalue weighted by Gasteiger charge is 2.24. The van der Waals surface area contributed by atoms with Gasteiger partial charge < -0.3 is 13.9 Å². The highest BCUT2D eigenvalue weighted by Crippen LogP contribution is 2.32. The second kappa shape index (κ2) is 8.22. The molecule has 0 fully saturated rings. The van der Waals surface area contributed by atoms with Gasteiger partial charge in [0.25, 0.3) is 0 Å². The Balaban J connectivity index is 1.46. The minimum Gasteiger partial charge on any atom is -0.495 e. The van der Waals surface area contributed by atoms with E-state index in [1.807, 2.05) is 35.9 Å². The summed E-state index contributed by atoms with van der Waals surface area (Å²) in [5, 5.41) is 8.94. The van der Waals surface area contributed by atoms with Crippen molar-refractivity contribution < 1.29 is 4.74 Å². The Morgan fingerprint density at radius 1 is 1.06 bits per heavy atom. The topological polar surface area (TPSA) is 57.8 Å². The molecule has 3 heterocycles. The first-order valence-corrected chi connectivity index (χ1v) is 10.6. The molecule has 156 valence electrons. The van der Waals surface area contributed by atoms with Gasteiger partial charge in [0.2, 0.25) is 0 Å². The Kier molecular flexibility index (Phi) is 5.12. The average Bonchev–Trinajstić information content (AvgIpc) is 3.44. The fourth-order valence-corrected chi connectivity index (χ4v) is 4.27. The molecule has 6 heteroatoms. The van der Waals surface area contributed by atoms with E-state index in [1.54, 1.807) is 13.4 Å². The molecular formula is C25H25N5O. The van der Waals surface area contributed by atoms with Gasteiger partial charge in [0.1, 0.15) is 11.6 Å². The smallest absolute Gasteiger partial charge is 0.157 e. The highest BCUT2D eigenvalue weighted by molar-refractivity contribution is 5.69. The lowest BCUT2D eigenvalue weighted by Gasteiger charge is -2.26. The number of hydrogen-bond donors (Lipinski definition) is 0. The molecule has 0 amide bonds. The van der Waals surface area contributed by atoms with Crippen LogP contribution in [0, 0.1) is 6.92 Å². The molecule has 1 atom stereocenters. The maximum atomic E-state index is 5.64. The number of nitrogens with zero attached hydrogens (tertiary/aromatic N) is 5. The molecule has 1 aliphatic rings. The van der Waals surface area contributed by atoms with Crippen LogP contribution in [0.2, 0.25) is 0 Å². The van der Waals surface area contributed by atoms with E-state index in [0.29, 0.717) is 0 Å². The van der Waals surface area contributed by atoms with E-state index in [4.69, 9.17) is 4.74 Å². The van der Waals surface area contributed by atoms with E-state index in [1.165, 1.54) is 5.56 Å². The van der Waals surface area contributed by atoms with Crippen molar-refractivity contribution in [2.75, 3.05) is 7.11 Å². The second-order valence-corrected chi connectivity index (χ2v) is 7.85. The van der Waals surface area contributed by atoms with Crippen LogP contribution in [-0.4, -0.2) is 31.4 Å². The molecule has 0 saturated heterocycles. The predicted octanol–water partition coefficient (Wildman–Crippen LogP) is 4.88. The van der Waals surface area contributed by atoms with Crippen LogP contribution < -0.4 is 4.74 Å². The third-order valence-electron chi connectivity index (χ3n) is 5.79. The SMILES string of the molecule is COc1cc(C=Cc2nnc3n2C(c2ccccc2)CCC3)ccc1-n1cnc(C)c1. The normalized spacial score (nSPS) is 15.9. The quantitative estimate of drug-likeness (QED) is 0.470. The number of ether oxygens (including phenoxy) is 1. The fraction of sp³-hybridized carbons (Fsp3) is 0.240. The number of fused-ring (bicyclic) bond motifs is 1. The minimum absolute atomic E-state index is 0.279. The van der Waals surface area contributed by atoms with E-state index >= 15 is 0 Å². The Morgan fingerprint density at radius 2 is 1.94 bits per heavy atom. The molecule has 1 aliphatic heterocycles. The lowest BCUT2D eigenvalue weighted by Crippen LogP contribution is -2.20. The summed E-state index contributed by atoms with van der Waals surface area (Å²) in [6.45, 7) is 1.97. The maximum absolute atomic E-state index is 5.64. The van der Waals surface area contributed by atoms with Crippen molar-refractivity contribution in [2.45, 2.75) is 32.2 Å². The van der Waals surface area contributed by atoms with Gasteiger partial charge in [0.05, 0.1) is 30.9 Å². The molecule has 5 rings (SSSR count). The van der Waals surface area contributed by atoms with Gasteiger partial charge >= 0.3 is 0 Å². The molecule has 0 bridgehead atoms. The van der Waals surface area contributed by atoms with Crippen molar-refractivity contribution in [3.8, 4) is 11.4 Å². The first-order chi connectivity index (χ1) is 15.2. The van der Waals surface area contributed by atoms with E-state index in [2.05, 4.69) is 62.2 Å².